The maximum absolute atomic E-state index is 12.4. The molecular formula is C24H21Cl2IN2O4. The average molecular weight is 599 g/mol. The minimum absolute atomic E-state index is 0.258. The molecule has 0 aliphatic rings. The smallest absolute Gasteiger partial charge is 0.275 e. The monoisotopic (exact) mass is 598 g/mol. The predicted molar refractivity (Wildman–Crippen MR) is 139 cm³/mol. The van der Waals surface area contributed by atoms with Crippen LogP contribution in [0.1, 0.15) is 28.4 Å². The summed E-state index contributed by atoms with van der Waals surface area (Å²) in [6, 6.07) is 15.9. The number of ether oxygens (including phenoxy) is 3. The number of para-hydroxylation sites is 1. The molecule has 0 spiro atoms. The molecule has 3 aromatic rings. The van der Waals surface area contributed by atoms with Gasteiger partial charge in [0, 0.05) is 15.6 Å². The fourth-order valence-corrected chi connectivity index (χ4v) is 4.16. The summed E-state index contributed by atoms with van der Waals surface area (Å²) in [5.41, 5.74) is 4.46. The summed E-state index contributed by atoms with van der Waals surface area (Å²) < 4.78 is 17.8. The molecule has 3 aromatic carbocycles. The lowest BCUT2D eigenvalue weighted by Gasteiger charge is -2.15. The number of halogens is 3. The van der Waals surface area contributed by atoms with Crippen LogP contribution >= 0.6 is 45.8 Å². The van der Waals surface area contributed by atoms with Gasteiger partial charge in [0.05, 0.1) is 29.1 Å². The van der Waals surface area contributed by atoms with E-state index in [1.807, 2.05) is 19.1 Å². The van der Waals surface area contributed by atoms with Gasteiger partial charge in [0.15, 0.2) is 11.5 Å². The van der Waals surface area contributed by atoms with Gasteiger partial charge in [-0.1, -0.05) is 41.4 Å². The molecular weight excluding hydrogens is 578 g/mol. The van der Waals surface area contributed by atoms with Gasteiger partial charge in [-0.25, -0.2) is 5.43 Å². The fraction of sp³-hybridized carbons (Fsp3) is 0.167. The van der Waals surface area contributed by atoms with Crippen molar-refractivity contribution in [3.63, 3.8) is 0 Å². The van der Waals surface area contributed by atoms with Crippen molar-refractivity contribution in [1.82, 2.24) is 5.43 Å². The number of hydrogen-bond acceptors (Lipinski definition) is 5. The average Bonchev–Trinajstić information content (AvgIpc) is 2.79. The molecule has 1 N–H and O–H groups in total. The highest BCUT2D eigenvalue weighted by atomic mass is 127. The zero-order valence-electron chi connectivity index (χ0n) is 17.9. The topological polar surface area (TPSA) is 69.2 Å². The van der Waals surface area contributed by atoms with Crippen LogP contribution in [0.3, 0.4) is 0 Å². The molecule has 0 unspecified atom stereocenters. The number of rotatable bonds is 9. The first-order valence-electron chi connectivity index (χ1n) is 9.92. The molecule has 0 radical (unpaired) electrons. The minimum atomic E-state index is -0.372. The summed E-state index contributed by atoms with van der Waals surface area (Å²) in [6.45, 7) is 2.61. The molecule has 9 heteroatoms. The van der Waals surface area contributed by atoms with Crippen LogP contribution in [0.15, 0.2) is 59.7 Å². The van der Waals surface area contributed by atoms with Gasteiger partial charge >= 0.3 is 0 Å². The van der Waals surface area contributed by atoms with E-state index < -0.39 is 0 Å². The van der Waals surface area contributed by atoms with Crippen LogP contribution in [0, 0.1) is 3.57 Å². The van der Waals surface area contributed by atoms with Gasteiger partial charge in [0.2, 0.25) is 0 Å². The summed E-state index contributed by atoms with van der Waals surface area (Å²) in [6.07, 6.45) is 1.54. The van der Waals surface area contributed by atoms with Crippen LogP contribution in [-0.2, 0) is 6.61 Å². The van der Waals surface area contributed by atoms with E-state index in [1.165, 1.54) is 13.3 Å². The van der Waals surface area contributed by atoms with Crippen LogP contribution in [0.2, 0.25) is 10.0 Å². The van der Waals surface area contributed by atoms with Crippen LogP contribution in [0.4, 0.5) is 0 Å². The Bertz CT molecular complexity index is 1170. The second kappa shape index (κ2) is 12.1. The van der Waals surface area contributed by atoms with Crippen molar-refractivity contribution in [2.24, 2.45) is 5.10 Å². The Morgan fingerprint density at radius 2 is 1.88 bits per heavy atom. The summed E-state index contributed by atoms with van der Waals surface area (Å²) in [5, 5.41) is 5.17. The number of benzene rings is 3. The largest absolute Gasteiger partial charge is 0.496 e. The van der Waals surface area contributed by atoms with E-state index in [0.29, 0.717) is 39.5 Å². The number of amides is 1. The van der Waals surface area contributed by atoms with Gasteiger partial charge < -0.3 is 14.2 Å². The number of nitrogens with one attached hydrogen (secondary N) is 1. The summed E-state index contributed by atoms with van der Waals surface area (Å²) in [5.74, 6) is 1.26. The molecule has 0 heterocycles. The SMILES string of the molecule is CCOc1cc(/C=N\NC(=O)c2ccccc2OC)cc(I)c1OCc1ccc(Cl)cc1Cl. The molecule has 0 atom stereocenters. The number of methoxy groups -OCH3 is 1. The normalized spacial score (nSPS) is 10.8. The van der Waals surface area contributed by atoms with Crippen LogP contribution < -0.4 is 19.6 Å². The van der Waals surface area contributed by atoms with Gasteiger partial charge in [-0.2, -0.15) is 5.10 Å². The quantitative estimate of drug-likeness (QED) is 0.177. The van der Waals surface area contributed by atoms with Crippen LogP contribution in [0.5, 0.6) is 17.2 Å². The van der Waals surface area contributed by atoms with Gasteiger partial charge in [-0.15, -0.1) is 0 Å². The number of carbonyl (C=O) groups is 1. The lowest BCUT2D eigenvalue weighted by atomic mass is 10.2. The van der Waals surface area contributed by atoms with Crippen molar-refractivity contribution < 1.29 is 19.0 Å². The van der Waals surface area contributed by atoms with Crippen molar-refractivity contribution in [3.05, 3.63) is 84.9 Å². The third kappa shape index (κ3) is 6.75. The number of nitrogens with zero attached hydrogens (tertiary/aromatic N) is 1. The van der Waals surface area contributed by atoms with E-state index in [1.54, 1.807) is 42.5 Å². The Hall–Kier alpha value is -2.49. The lowest BCUT2D eigenvalue weighted by molar-refractivity contribution is 0.0952. The van der Waals surface area contributed by atoms with Crippen molar-refractivity contribution in [1.29, 1.82) is 0 Å². The van der Waals surface area contributed by atoms with Crippen molar-refractivity contribution in [3.8, 4) is 17.2 Å². The number of hydrazone groups is 1. The summed E-state index contributed by atoms with van der Waals surface area (Å²) in [7, 11) is 1.51. The molecule has 0 fully saturated rings. The highest BCUT2D eigenvalue weighted by molar-refractivity contribution is 14.1. The van der Waals surface area contributed by atoms with Gasteiger partial charge in [0.1, 0.15) is 12.4 Å². The van der Waals surface area contributed by atoms with Gasteiger partial charge in [-0.05, 0) is 71.5 Å². The first kappa shape index (κ1) is 25.1. The van der Waals surface area contributed by atoms with E-state index in [0.717, 1.165) is 14.7 Å². The van der Waals surface area contributed by atoms with E-state index in [9.17, 15) is 4.79 Å². The molecule has 0 saturated heterocycles. The molecule has 172 valence electrons. The maximum Gasteiger partial charge on any atom is 0.275 e. The number of hydrogen-bond donors (Lipinski definition) is 1. The van der Waals surface area contributed by atoms with Crippen molar-refractivity contribution in [2.75, 3.05) is 13.7 Å². The second-order valence-corrected chi connectivity index (χ2v) is 8.69. The summed E-state index contributed by atoms with van der Waals surface area (Å²) >= 11 is 14.4. The Kier molecular flexibility index (Phi) is 9.22. The van der Waals surface area contributed by atoms with E-state index in [-0.39, 0.29) is 12.5 Å². The highest BCUT2D eigenvalue weighted by Crippen LogP contribution is 2.35. The minimum Gasteiger partial charge on any atom is -0.496 e. The maximum atomic E-state index is 12.4. The molecule has 0 bridgehead atoms. The zero-order valence-corrected chi connectivity index (χ0v) is 21.6. The zero-order chi connectivity index (χ0) is 23.8. The summed E-state index contributed by atoms with van der Waals surface area (Å²) in [4.78, 5) is 12.4. The molecule has 0 saturated carbocycles. The molecule has 0 aliphatic heterocycles. The molecule has 6 nitrogen and oxygen atoms in total. The Morgan fingerprint density at radius 3 is 2.61 bits per heavy atom. The molecule has 1 amide bonds. The highest BCUT2D eigenvalue weighted by Gasteiger charge is 2.14. The molecule has 3 rings (SSSR count). The fourth-order valence-electron chi connectivity index (χ4n) is 2.91. The molecule has 0 aliphatic carbocycles. The first-order chi connectivity index (χ1) is 15.9. The third-order valence-corrected chi connectivity index (χ3v) is 5.84. The molecule has 33 heavy (non-hydrogen) atoms. The Morgan fingerprint density at radius 1 is 1.09 bits per heavy atom. The van der Waals surface area contributed by atoms with Crippen molar-refractivity contribution in [2.45, 2.75) is 13.5 Å². The van der Waals surface area contributed by atoms with Crippen molar-refractivity contribution >= 4 is 57.9 Å². The van der Waals surface area contributed by atoms with Crippen LogP contribution in [-0.4, -0.2) is 25.8 Å². The molecule has 0 aromatic heterocycles. The Balaban J connectivity index is 1.75. The Labute approximate surface area is 216 Å². The third-order valence-electron chi connectivity index (χ3n) is 4.45. The second-order valence-electron chi connectivity index (χ2n) is 6.69. The predicted octanol–water partition coefficient (Wildman–Crippen LogP) is 6.35. The first-order valence-corrected chi connectivity index (χ1v) is 11.8. The standard InChI is InChI=1S/C24H21Cl2IN2O4/c1-3-32-22-11-15(13-28-29-24(30)18-6-4-5-7-21(18)31-2)10-20(27)23(22)33-14-16-8-9-17(25)12-19(16)26/h4-13H,3,14H2,1-2H3,(H,29,30)/b28-13-. The van der Waals surface area contributed by atoms with E-state index >= 15 is 0 Å². The van der Waals surface area contributed by atoms with Gasteiger partial charge in [-0.3, -0.25) is 4.79 Å². The van der Waals surface area contributed by atoms with Gasteiger partial charge in [0.25, 0.3) is 5.91 Å². The number of carbonyl (C=O) groups excluding carboxylic acids is 1. The lowest BCUT2D eigenvalue weighted by Crippen LogP contribution is -2.18. The van der Waals surface area contributed by atoms with Crippen LogP contribution in [0.25, 0.3) is 0 Å². The van der Waals surface area contributed by atoms with E-state index in [4.69, 9.17) is 37.4 Å². The van der Waals surface area contributed by atoms with E-state index in [2.05, 4.69) is 33.1 Å².